The maximum Gasteiger partial charge on any atom is 0.311 e. The molecular formula is C18H20N2O4. The van der Waals surface area contributed by atoms with E-state index in [0.717, 1.165) is 29.7 Å². The number of carbonyl (C=O) groups excluding carboxylic acids is 1. The van der Waals surface area contributed by atoms with Gasteiger partial charge in [-0.25, -0.2) is 0 Å². The number of para-hydroxylation sites is 1. The van der Waals surface area contributed by atoms with Gasteiger partial charge in [-0.1, -0.05) is 32.0 Å². The average Bonchev–Trinajstić information content (AvgIpc) is 2.61. The van der Waals surface area contributed by atoms with Gasteiger partial charge in [0.1, 0.15) is 0 Å². The molecule has 6 nitrogen and oxygen atoms in total. The highest BCUT2D eigenvalue weighted by atomic mass is 16.6. The molecule has 1 amide bonds. The minimum atomic E-state index is -0.562. The molecule has 0 heterocycles. The van der Waals surface area contributed by atoms with Crippen molar-refractivity contribution in [1.82, 2.24) is 0 Å². The first kappa shape index (κ1) is 17.5. The third-order valence-corrected chi connectivity index (χ3v) is 3.88. The number of nitro groups is 1. The van der Waals surface area contributed by atoms with Gasteiger partial charge in [0.25, 0.3) is 5.91 Å². The number of anilines is 1. The van der Waals surface area contributed by atoms with Crippen molar-refractivity contribution in [3.63, 3.8) is 0 Å². The monoisotopic (exact) mass is 328 g/mol. The van der Waals surface area contributed by atoms with Crippen LogP contribution >= 0.6 is 0 Å². The molecule has 6 heteroatoms. The quantitative estimate of drug-likeness (QED) is 0.642. The van der Waals surface area contributed by atoms with Gasteiger partial charge in [-0.3, -0.25) is 14.9 Å². The van der Waals surface area contributed by atoms with Crippen LogP contribution in [0.15, 0.2) is 36.4 Å². The average molecular weight is 328 g/mol. The molecule has 0 spiro atoms. The number of nitrogens with one attached hydrogen (secondary N) is 1. The first-order valence-electron chi connectivity index (χ1n) is 7.76. The first-order chi connectivity index (χ1) is 11.5. The number of nitrogens with zero attached hydrogens (tertiary/aromatic N) is 1. The van der Waals surface area contributed by atoms with Gasteiger partial charge in [-0.2, -0.15) is 0 Å². The number of methoxy groups -OCH3 is 1. The fourth-order valence-electron chi connectivity index (χ4n) is 2.56. The Balaban J connectivity index is 2.38. The molecule has 2 rings (SSSR count). The number of ether oxygens (including phenoxy) is 1. The fourth-order valence-corrected chi connectivity index (χ4v) is 2.56. The fraction of sp³-hybridized carbons (Fsp3) is 0.278. The third kappa shape index (κ3) is 3.53. The molecule has 24 heavy (non-hydrogen) atoms. The second-order valence-electron chi connectivity index (χ2n) is 5.26. The number of hydrogen-bond acceptors (Lipinski definition) is 4. The SMILES string of the molecule is CCc1cccc(CC)c1NC(=O)c1ccc(OC)c([N+](=O)[O-])c1. The van der Waals surface area contributed by atoms with E-state index >= 15 is 0 Å². The van der Waals surface area contributed by atoms with Crippen LogP contribution in [-0.4, -0.2) is 17.9 Å². The zero-order valence-corrected chi connectivity index (χ0v) is 14.0. The van der Waals surface area contributed by atoms with Crippen molar-refractivity contribution in [1.29, 1.82) is 0 Å². The molecule has 0 bridgehead atoms. The van der Waals surface area contributed by atoms with Crippen LogP contribution in [0.3, 0.4) is 0 Å². The lowest BCUT2D eigenvalue weighted by atomic mass is 10.0. The van der Waals surface area contributed by atoms with Crippen molar-refractivity contribution in [2.45, 2.75) is 26.7 Å². The van der Waals surface area contributed by atoms with E-state index in [-0.39, 0.29) is 22.9 Å². The first-order valence-corrected chi connectivity index (χ1v) is 7.76. The normalized spacial score (nSPS) is 10.3. The highest BCUT2D eigenvalue weighted by Gasteiger charge is 2.19. The van der Waals surface area contributed by atoms with Crippen molar-refractivity contribution in [3.8, 4) is 5.75 Å². The largest absolute Gasteiger partial charge is 0.490 e. The van der Waals surface area contributed by atoms with Crippen LogP contribution in [0, 0.1) is 10.1 Å². The van der Waals surface area contributed by atoms with E-state index < -0.39 is 4.92 Å². The lowest BCUT2D eigenvalue weighted by molar-refractivity contribution is -0.385. The summed E-state index contributed by atoms with van der Waals surface area (Å²) in [5.41, 5.74) is 2.84. The Morgan fingerprint density at radius 3 is 2.29 bits per heavy atom. The van der Waals surface area contributed by atoms with Crippen LogP contribution in [0.4, 0.5) is 11.4 Å². The molecule has 0 aromatic heterocycles. The number of rotatable bonds is 6. The molecule has 0 aliphatic carbocycles. The summed E-state index contributed by atoms with van der Waals surface area (Å²) in [6.07, 6.45) is 1.57. The molecule has 2 aromatic rings. The highest BCUT2D eigenvalue weighted by molar-refractivity contribution is 6.05. The van der Waals surface area contributed by atoms with E-state index in [0.29, 0.717) is 0 Å². The van der Waals surface area contributed by atoms with Crippen LogP contribution < -0.4 is 10.1 Å². The molecule has 0 aliphatic heterocycles. The summed E-state index contributed by atoms with van der Waals surface area (Å²) in [6, 6.07) is 10.1. The summed E-state index contributed by atoms with van der Waals surface area (Å²) >= 11 is 0. The van der Waals surface area contributed by atoms with Crippen molar-refractivity contribution in [3.05, 3.63) is 63.2 Å². The molecule has 0 radical (unpaired) electrons. The van der Waals surface area contributed by atoms with Gasteiger partial charge >= 0.3 is 5.69 Å². The van der Waals surface area contributed by atoms with Crippen LogP contribution in [0.5, 0.6) is 5.75 Å². The molecule has 0 saturated heterocycles. The van der Waals surface area contributed by atoms with E-state index in [9.17, 15) is 14.9 Å². The van der Waals surface area contributed by atoms with Crippen molar-refractivity contribution in [2.24, 2.45) is 0 Å². The van der Waals surface area contributed by atoms with Crippen LogP contribution in [0.1, 0.15) is 35.3 Å². The molecule has 2 aromatic carbocycles. The topological polar surface area (TPSA) is 81.5 Å². The second-order valence-corrected chi connectivity index (χ2v) is 5.26. The number of carbonyl (C=O) groups is 1. The molecule has 0 fully saturated rings. The van der Waals surface area contributed by atoms with Gasteiger partial charge in [0.05, 0.1) is 12.0 Å². The van der Waals surface area contributed by atoms with Crippen LogP contribution in [0.2, 0.25) is 0 Å². The molecule has 0 saturated carbocycles. The van der Waals surface area contributed by atoms with Gasteiger partial charge in [-0.05, 0) is 36.1 Å². The Labute approximate surface area is 140 Å². The summed E-state index contributed by atoms with van der Waals surface area (Å²) in [6.45, 7) is 4.03. The van der Waals surface area contributed by atoms with Crippen molar-refractivity contribution < 1.29 is 14.5 Å². The summed E-state index contributed by atoms with van der Waals surface area (Å²) in [5, 5.41) is 14.0. The summed E-state index contributed by atoms with van der Waals surface area (Å²) in [7, 11) is 1.35. The molecular weight excluding hydrogens is 308 g/mol. The Kier molecular flexibility index (Phi) is 5.52. The van der Waals surface area contributed by atoms with E-state index in [4.69, 9.17) is 4.74 Å². The lowest BCUT2D eigenvalue weighted by Crippen LogP contribution is -2.15. The maximum absolute atomic E-state index is 12.6. The number of hydrogen-bond donors (Lipinski definition) is 1. The van der Waals surface area contributed by atoms with Gasteiger partial charge in [0, 0.05) is 17.3 Å². The number of amides is 1. The smallest absolute Gasteiger partial charge is 0.311 e. The Morgan fingerprint density at radius 1 is 1.17 bits per heavy atom. The Hall–Kier alpha value is -2.89. The Bertz CT molecular complexity index is 749. The summed E-state index contributed by atoms with van der Waals surface area (Å²) < 4.78 is 4.96. The van der Waals surface area contributed by atoms with Gasteiger partial charge in [0.15, 0.2) is 5.75 Å². The maximum atomic E-state index is 12.6. The number of aryl methyl sites for hydroxylation is 2. The van der Waals surface area contributed by atoms with Crippen LogP contribution in [0.25, 0.3) is 0 Å². The third-order valence-electron chi connectivity index (χ3n) is 3.88. The highest BCUT2D eigenvalue weighted by Crippen LogP contribution is 2.29. The molecule has 1 N–H and O–H groups in total. The van der Waals surface area contributed by atoms with E-state index in [1.54, 1.807) is 0 Å². The molecule has 0 atom stereocenters. The minimum absolute atomic E-state index is 0.125. The standard InChI is InChI=1S/C18H20N2O4/c1-4-12-7-6-8-13(5-2)17(12)19-18(21)14-9-10-16(24-3)15(11-14)20(22)23/h6-11H,4-5H2,1-3H3,(H,19,21). The van der Waals surface area contributed by atoms with Crippen molar-refractivity contribution >= 4 is 17.3 Å². The molecule has 0 aliphatic rings. The zero-order valence-electron chi connectivity index (χ0n) is 14.0. The lowest BCUT2D eigenvalue weighted by Gasteiger charge is -2.14. The van der Waals surface area contributed by atoms with Gasteiger partial charge in [-0.15, -0.1) is 0 Å². The summed E-state index contributed by atoms with van der Waals surface area (Å²) in [4.78, 5) is 23.1. The summed E-state index contributed by atoms with van der Waals surface area (Å²) in [5.74, 6) is -0.254. The van der Waals surface area contributed by atoms with Crippen LogP contribution in [-0.2, 0) is 12.8 Å². The predicted molar refractivity (Wildman–Crippen MR) is 92.8 cm³/mol. The second kappa shape index (κ2) is 7.59. The van der Waals surface area contributed by atoms with Gasteiger partial charge < -0.3 is 10.1 Å². The van der Waals surface area contributed by atoms with E-state index in [2.05, 4.69) is 5.32 Å². The van der Waals surface area contributed by atoms with E-state index in [1.165, 1.54) is 25.3 Å². The van der Waals surface area contributed by atoms with E-state index in [1.807, 2.05) is 32.0 Å². The minimum Gasteiger partial charge on any atom is -0.490 e. The number of benzene rings is 2. The molecule has 0 unspecified atom stereocenters. The molecule has 126 valence electrons. The van der Waals surface area contributed by atoms with Crippen molar-refractivity contribution in [2.75, 3.05) is 12.4 Å². The number of nitro benzene ring substituents is 1. The van der Waals surface area contributed by atoms with Gasteiger partial charge in [0.2, 0.25) is 0 Å². The Morgan fingerprint density at radius 2 is 1.79 bits per heavy atom. The predicted octanol–water partition coefficient (Wildman–Crippen LogP) is 3.98. The zero-order chi connectivity index (χ0) is 17.7.